The van der Waals surface area contributed by atoms with Crippen LogP contribution in [-0.4, -0.2) is 26.7 Å². The van der Waals surface area contributed by atoms with Crippen LogP contribution in [0.1, 0.15) is 17.7 Å². The molecular weight excluding hydrogens is 234 g/mol. The largest absolute Gasteiger partial charge is 0.396 e. The van der Waals surface area contributed by atoms with Gasteiger partial charge in [-0.25, -0.2) is 13.1 Å². The summed E-state index contributed by atoms with van der Waals surface area (Å²) in [6.45, 7) is 2.34. The maximum Gasteiger partial charge on any atom is 0.250 e. The monoisotopic (exact) mass is 249 g/mol. The number of unbranched alkanes of at least 4 members (excludes halogenated alkanes) is 1. The van der Waals surface area contributed by atoms with Crippen molar-refractivity contribution in [1.82, 2.24) is 4.72 Å². The molecule has 0 aromatic carbocycles. The molecule has 4 nitrogen and oxygen atoms in total. The number of thiophene rings is 1. The molecule has 0 aliphatic rings. The Kier molecular flexibility index (Phi) is 4.72. The van der Waals surface area contributed by atoms with Gasteiger partial charge >= 0.3 is 0 Å². The molecule has 6 heteroatoms. The van der Waals surface area contributed by atoms with Gasteiger partial charge in [0, 0.05) is 18.0 Å². The van der Waals surface area contributed by atoms with Gasteiger partial charge in [-0.05, 0) is 31.9 Å². The highest BCUT2D eigenvalue weighted by atomic mass is 32.2. The van der Waals surface area contributed by atoms with Crippen molar-refractivity contribution >= 4 is 21.4 Å². The lowest BCUT2D eigenvalue weighted by Crippen LogP contribution is -2.24. The van der Waals surface area contributed by atoms with Crippen LogP contribution in [0.5, 0.6) is 0 Å². The van der Waals surface area contributed by atoms with Gasteiger partial charge in [-0.3, -0.25) is 0 Å². The zero-order valence-electron chi connectivity index (χ0n) is 8.56. The Balaban J connectivity index is 2.53. The van der Waals surface area contributed by atoms with Crippen LogP contribution < -0.4 is 4.72 Å². The highest BCUT2D eigenvalue weighted by Gasteiger charge is 2.14. The third-order valence-electron chi connectivity index (χ3n) is 1.86. The van der Waals surface area contributed by atoms with Gasteiger partial charge in [-0.2, -0.15) is 0 Å². The molecule has 1 aromatic heterocycles. The summed E-state index contributed by atoms with van der Waals surface area (Å²) in [7, 11) is -3.33. The summed E-state index contributed by atoms with van der Waals surface area (Å²) in [4.78, 5) is 0.978. The van der Waals surface area contributed by atoms with Crippen LogP contribution in [0, 0.1) is 6.92 Å². The van der Waals surface area contributed by atoms with Crippen molar-refractivity contribution in [2.24, 2.45) is 0 Å². The molecule has 0 bridgehead atoms. The first-order valence-electron chi connectivity index (χ1n) is 4.73. The van der Waals surface area contributed by atoms with E-state index >= 15 is 0 Å². The molecule has 0 aliphatic carbocycles. The third kappa shape index (κ3) is 3.90. The number of hydrogen-bond acceptors (Lipinski definition) is 4. The topological polar surface area (TPSA) is 66.4 Å². The van der Waals surface area contributed by atoms with Crippen LogP contribution in [0.2, 0.25) is 0 Å². The van der Waals surface area contributed by atoms with E-state index in [-0.39, 0.29) is 6.61 Å². The Morgan fingerprint density at radius 3 is 2.67 bits per heavy atom. The Morgan fingerprint density at radius 2 is 2.13 bits per heavy atom. The molecule has 0 aliphatic heterocycles. The summed E-state index contributed by atoms with van der Waals surface area (Å²) in [5.41, 5.74) is 0. The summed E-state index contributed by atoms with van der Waals surface area (Å²) in [6.07, 6.45) is 1.27. The Hall–Kier alpha value is -0.430. The number of rotatable bonds is 6. The Labute approximate surface area is 94.0 Å². The van der Waals surface area contributed by atoms with Crippen molar-refractivity contribution in [3.8, 4) is 0 Å². The van der Waals surface area contributed by atoms with Gasteiger partial charge in [0.15, 0.2) is 0 Å². The molecule has 1 heterocycles. The van der Waals surface area contributed by atoms with Gasteiger partial charge in [0.2, 0.25) is 10.0 Å². The second-order valence-corrected chi connectivity index (χ2v) is 6.48. The summed E-state index contributed by atoms with van der Waals surface area (Å²) in [6, 6.07) is 3.39. The van der Waals surface area contributed by atoms with E-state index in [0.29, 0.717) is 23.6 Å². The lowest BCUT2D eigenvalue weighted by Gasteiger charge is -2.03. The van der Waals surface area contributed by atoms with Crippen molar-refractivity contribution in [2.45, 2.75) is 24.0 Å². The fourth-order valence-electron chi connectivity index (χ4n) is 1.07. The number of aliphatic hydroxyl groups is 1. The SMILES string of the molecule is Cc1ccc(S(=O)(=O)NCCCCO)s1. The normalized spacial score (nSPS) is 11.9. The fraction of sp³-hybridized carbons (Fsp3) is 0.556. The van der Waals surface area contributed by atoms with Crippen LogP contribution in [0.25, 0.3) is 0 Å². The molecule has 0 saturated heterocycles. The molecular formula is C9H15NO3S2. The van der Waals surface area contributed by atoms with E-state index in [1.54, 1.807) is 12.1 Å². The molecule has 0 fully saturated rings. The molecule has 0 saturated carbocycles. The van der Waals surface area contributed by atoms with Crippen LogP contribution in [0.3, 0.4) is 0 Å². The fourth-order valence-corrected chi connectivity index (χ4v) is 3.47. The average molecular weight is 249 g/mol. The van der Waals surface area contributed by atoms with Crippen LogP contribution in [0.15, 0.2) is 16.3 Å². The quantitative estimate of drug-likeness (QED) is 0.742. The minimum Gasteiger partial charge on any atom is -0.396 e. The van der Waals surface area contributed by atoms with Crippen molar-refractivity contribution in [3.05, 3.63) is 17.0 Å². The smallest absolute Gasteiger partial charge is 0.250 e. The molecule has 15 heavy (non-hydrogen) atoms. The highest BCUT2D eigenvalue weighted by Crippen LogP contribution is 2.20. The summed E-state index contributed by atoms with van der Waals surface area (Å²) in [5.74, 6) is 0. The third-order valence-corrected chi connectivity index (χ3v) is 4.81. The van der Waals surface area contributed by atoms with E-state index in [0.717, 1.165) is 4.88 Å². The van der Waals surface area contributed by atoms with Crippen LogP contribution >= 0.6 is 11.3 Å². The second-order valence-electron chi connectivity index (χ2n) is 3.19. The maximum absolute atomic E-state index is 11.6. The molecule has 0 amide bonds. The van der Waals surface area contributed by atoms with Gasteiger partial charge in [0.05, 0.1) is 0 Å². The van der Waals surface area contributed by atoms with Gasteiger partial charge in [0.1, 0.15) is 4.21 Å². The molecule has 0 atom stereocenters. The lowest BCUT2D eigenvalue weighted by molar-refractivity contribution is 0.285. The van der Waals surface area contributed by atoms with Crippen LogP contribution in [-0.2, 0) is 10.0 Å². The molecule has 1 aromatic rings. The molecule has 2 N–H and O–H groups in total. The molecule has 0 unspecified atom stereocenters. The first-order valence-corrected chi connectivity index (χ1v) is 7.03. The first kappa shape index (κ1) is 12.6. The zero-order chi connectivity index (χ0) is 11.3. The second kappa shape index (κ2) is 5.60. The standard InChI is InChI=1S/C9H15NO3S2/c1-8-4-5-9(14-8)15(12,13)10-6-2-3-7-11/h4-5,10-11H,2-3,6-7H2,1H3. The van der Waals surface area contributed by atoms with Crippen molar-refractivity contribution in [1.29, 1.82) is 0 Å². The van der Waals surface area contributed by atoms with E-state index in [4.69, 9.17) is 5.11 Å². The average Bonchev–Trinajstić information content (AvgIpc) is 2.60. The minimum absolute atomic E-state index is 0.0971. The Bertz CT molecular complexity index is 397. The summed E-state index contributed by atoms with van der Waals surface area (Å²) >= 11 is 1.26. The minimum atomic E-state index is -3.33. The predicted molar refractivity (Wildman–Crippen MR) is 60.6 cm³/mol. The van der Waals surface area contributed by atoms with E-state index in [9.17, 15) is 8.42 Å². The lowest BCUT2D eigenvalue weighted by atomic mass is 10.3. The Morgan fingerprint density at radius 1 is 1.40 bits per heavy atom. The molecule has 0 spiro atoms. The van der Waals surface area contributed by atoms with E-state index in [1.165, 1.54) is 11.3 Å². The van der Waals surface area contributed by atoms with Gasteiger partial charge in [-0.1, -0.05) is 0 Å². The van der Waals surface area contributed by atoms with Gasteiger partial charge in [0.25, 0.3) is 0 Å². The molecule has 1 rings (SSSR count). The number of nitrogens with one attached hydrogen (secondary N) is 1. The number of hydrogen-bond donors (Lipinski definition) is 2. The van der Waals surface area contributed by atoms with E-state index in [1.807, 2.05) is 6.92 Å². The number of aryl methyl sites for hydroxylation is 1. The van der Waals surface area contributed by atoms with E-state index < -0.39 is 10.0 Å². The number of aliphatic hydroxyl groups excluding tert-OH is 1. The highest BCUT2D eigenvalue weighted by molar-refractivity contribution is 7.91. The van der Waals surface area contributed by atoms with Crippen LogP contribution in [0.4, 0.5) is 0 Å². The van der Waals surface area contributed by atoms with Crippen molar-refractivity contribution in [3.63, 3.8) is 0 Å². The van der Waals surface area contributed by atoms with Gasteiger partial charge < -0.3 is 5.11 Å². The molecule has 86 valence electrons. The summed E-state index contributed by atoms with van der Waals surface area (Å²) in [5, 5.41) is 8.54. The summed E-state index contributed by atoms with van der Waals surface area (Å²) < 4.78 is 26.1. The van der Waals surface area contributed by atoms with E-state index in [2.05, 4.69) is 4.72 Å². The maximum atomic E-state index is 11.6. The predicted octanol–water partition coefficient (Wildman–Crippen LogP) is 1.11. The number of sulfonamides is 1. The molecule has 0 radical (unpaired) electrons. The first-order chi connectivity index (χ1) is 7.06. The zero-order valence-corrected chi connectivity index (χ0v) is 10.2. The van der Waals surface area contributed by atoms with Crippen molar-refractivity contribution in [2.75, 3.05) is 13.2 Å². The van der Waals surface area contributed by atoms with Crippen molar-refractivity contribution < 1.29 is 13.5 Å². The van der Waals surface area contributed by atoms with Gasteiger partial charge in [-0.15, -0.1) is 11.3 Å².